The Labute approximate surface area is 219 Å². The fraction of sp³-hybridized carbons (Fsp3) is 0.360. The van der Waals surface area contributed by atoms with Crippen molar-refractivity contribution >= 4 is 33.5 Å². The lowest BCUT2D eigenvalue weighted by molar-refractivity contribution is -0.118. The topological polar surface area (TPSA) is 114 Å². The van der Waals surface area contributed by atoms with Gasteiger partial charge in [-0.25, -0.2) is 12.8 Å². The lowest BCUT2D eigenvalue weighted by Crippen LogP contribution is -2.35. The number of rotatable bonds is 10. The number of thioether (sulfide) groups is 1. The highest BCUT2D eigenvalue weighted by Crippen LogP contribution is 2.26. The summed E-state index contributed by atoms with van der Waals surface area (Å²) in [5.74, 6) is -0.444. The zero-order valence-electron chi connectivity index (χ0n) is 20.4. The number of carbonyl (C=O) groups is 2. The van der Waals surface area contributed by atoms with Crippen molar-refractivity contribution in [2.24, 2.45) is 0 Å². The zero-order valence-corrected chi connectivity index (χ0v) is 22.0. The second-order valence-electron chi connectivity index (χ2n) is 8.62. The summed E-state index contributed by atoms with van der Waals surface area (Å²) in [5.41, 5.74) is 0.612. The van der Waals surface area contributed by atoms with Gasteiger partial charge in [0.15, 0.2) is 10.9 Å². The fourth-order valence-corrected chi connectivity index (χ4v) is 6.44. The molecule has 37 heavy (non-hydrogen) atoms. The van der Waals surface area contributed by atoms with Crippen LogP contribution in [0.3, 0.4) is 0 Å². The summed E-state index contributed by atoms with van der Waals surface area (Å²) >= 11 is 1.11. The van der Waals surface area contributed by atoms with Crippen LogP contribution in [-0.2, 0) is 21.2 Å². The molecule has 0 saturated carbocycles. The first-order valence-electron chi connectivity index (χ1n) is 12.0. The third-order valence-corrected chi connectivity index (χ3v) is 8.82. The number of hydrogen-bond donors (Lipinski definition) is 1. The van der Waals surface area contributed by atoms with Crippen molar-refractivity contribution < 1.29 is 22.4 Å². The highest BCUT2D eigenvalue weighted by atomic mass is 32.2. The molecule has 0 unspecified atom stereocenters. The van der Waals surface area contributed by atoms with Crippen molar-refractivity contribution in [2.45, 2.75) is 42.7 Å². The zero-order chi connectivity index (χ0) is 26.4. The summed E-state index contributed by atoms with van der Waals surface area (Å²) in [6, 6.07) is 12.1. The number of halogens is 1. The number of nitrogens with one attached hydrogen (secondary N) is 1. The quantitative estimate of drug-likeness (QED) is 0.307. The number of sulfonamides is 1. The van der Waals surface area contributed by atoms with Gasteiger partial charge in [-0.05, 0) is 37.1 Å². The van der Waals surface area contributed by atoms with E-state index in [1.54, 1.807) is 22.8 Å². The van der Waals surface area contributed by atoms with Crippen molar-refractivity contribution in [2.75, 3.05) is 25.4 Å². The van der Waals surface area contributed by atoms with Crippen molar-refractivity contribution in [3.63, 3.8) is 0 Å². The van der Waals surface area contributed by atoms with Gasteiger partial charge in [0.05, 0.1) is 16.3 Å². The Kier molecular flexibility index (Phi) is 8.72. The van der Waals surface area contributed by atoms with E-state index in [2.05, 4.69) is 15.5 Å². The predicted octanol–water partition coefficient (Wildman–Crippen LogP) is 3.23. The minimum atomic E-state index is -3.58. The summed E-state index contributed by atoms with van der Waals surface area (Å²) in [7, 11) is -3.58. The molecule has 9 nitrogen and oxygen atoms in total. The number of hydrogen-bond acceptors (Lipinski definition) is 7. The molecule has 0 atom stereocenters. The molecule has 1 fully saturated rings. The number of nitrogens with zero attached hydrogens (tertiary/aromatic N) is 4. The number of piperidine rings is 1. The number of aromatic nitrogens is 3. The molecule has 1 aromatic heterocycles. The van der Waals surface area contributed by atoms with Crippen LogP contribution in [0.2, 0.25) is 0 Å². The van der Waals surface area contributed by atoms with Crippen molar-refractivity contribution in [1.82, 2.24) is 24.4 Å². The summed E-state index contributed by atoms with van der Waals surface area (Å²) in [4.78, 5) is 24.3. The maximum atomic E-state index is 14.6. The summed E-state index contributed by atoms with van der Waals surface area (Å²) < 4.78 is 43.4. The van der Waals surface area contributed by atoms with Gasteiger partial charge in [-0.3, -0.25) is 14.2 Å². The van der Waals surface area contributed by atoms with Gasteiger partial charge in [0.2, 0.25) is 15.9 Å². The number of ketones is 1. The molecule has 1 N–H and O–H groups in total. The number of carbonyl (C=O) groups excluding carboxylic acids is 2. The molecule has 196 valence electrons. The van der Waals surface area contributed by atoms with E-state index in [-0.39, 0.29) is 28.0 Å². The molecule has 2 heterocycles. The second kappa shape index (κ2) is 12.0. The normalized spacial score (nSPS) is 14.4. The second-order valence-corrected chi connectivity index (χ2v) is 11.5. The number of Topliss-reactive ketones (excluding diaryl/α,β-unsaturated/α-hetero) is 1. The molecule has 1 aliphatic heterocycles. The largest absolute Gasteiger partial charge is 0.356 e. The fourth-order valence-electron chi connectivity index (χ4n) is 4.06. The van der Waals surface area contributed by atoms with Gasteiger partial charge in [-0.2, -0.15) is 4.31 Å². The molecule has 0 radical (unpaired) electrons. The summed E-state index contributed by atoms with van der Waals surface area (Å²) in [5, 5.41) is 11.3. The van der Waals surface area contributed by atoms with Gasteiger partial charge < -0.3 is 5.32 Å². The first-order valence-corrected chi connectivity index (χ1v) is 14.4. The van der Waals surface area contributed by atoms with E-state index < -0.39 is 15.8 Å². The minimum absolute atomic E-state index is 0.00347. The summed E-state index contributed by atoms with van der Waals surface area (Å²) in [6.45, 7) is 2.73. The predicted molar refractivity (Wildman–Crippen MR) is 138 cm³/mol. The Bertz CT molecular complexity index is 1370. The van der Waals surface area contributed by atoms with Crippen LogP contribution >= 0.6 is 11.8 Å². The van der Waals surface area contributed by atoms with Gasteiger partial charge in [-0.15, -0.1) is 10.2 Å². The first-order chi connectivity index (χ1) is 17.8. The van der Waals surface area contributed by atoms with Crippen molar-refractivity contribution in [3.8, 4) is 5.69 Å². The Morgan fingerprint density at radius 1 is 1.03 bits per heavy atom. The Hall–Kier alpha value is -3.09. The summed E-state index contributed by atoms with van der Waals surface area (Å²) in [6.07, 6.45) is 3.04. The molecule has 0 spiro atoms. The SMILES string of the molecule is CC(=O)NCCc1nnc(SCC(=O)c2ccc(S(=O)(=O)N3CCCCC3)cc2)n1-c1ccccc1F. The lowest BCUT2D eigenvalue weighted by atomic mass is 10.1. The molecule has 12 heteroatoms. The molecule has 1 amide bonds. The Morgan fingerprint density at radius 2 is 1.73 bits per heavy atom. The van der Waals surface area contributed by atoms with E-state index in [1.165, 1.54) is 41.6 Å². The average molecular weight is 546 g/mol. The number of para-hydroxylation sites is 1. The molecule has 1 aliphatic rings. The third kappa shape index (κ3) is 6.43. The first kappa shape index (κ1) is 27.0. The van der Waals surface area contributed by atoms with Crippen LogP contribution in [0, 0.1) is 5.82 Å². The molecular formula is C25H28FN5O4S2. The Balaban J connectivity index is 1.48. The van der Waals surface area contributed by atoms with E-state index in [0.717, 1.165) is 31.0 Å². The smallest absolute Gasteiger partial charge is 0.243 e. The highest BCUT2D eigenvalue weighted by molar-refractivity contribution is 7.99. The maximum Gasteiger partial charge on any atom is 0.243 e. The van der Waals surface area contributed by atoms with Crippen LogP contribution in [-0.4, -0.2) is 64.6 Å². The Morgan fingerprint density at radius 3 is 2.41 bits per heavy atom. The molecule has 4 rings (SSSR count). The van der Waals surface area contributed by atoms with E-state index in [1.807, 2.05) is 0 Å². The molecule has 2 aromatic carbocycles. The van der Waals surface area contributed by atoms with Gasteiger partial charge >= 0.3 is 0 Å². The van der Waals surface area contributed by atoms with Crippen LogP contribution < -0.4 is 5.32 Å². The molecule has 3 aromatic rings. The highest BCUT2D eigenvalue weighted by Gasteiger charge is 2.26. The lowest BCUT2D eigenvalue weighted by Gasteiger charge is -2.25. The molecule has 0 bridgehead atoms. The van der Waals surface area contributed by atoms with Crippen LogP contribution in [0.15, 0.2) is 58.6 Å². The number of amides is 1. The van der Waals surface area contributed by atoms with Crippen LogP contribution in [0.1, 0.15) is 42.4 Å². The van der Waals surface area contributed by atoms with Gasteiger partial charge in [0.1, 0.15) is 11.6 Å². The minimum Gasteiger partial charge on any atom is -0.356 e. The van der Waals surface area contributed by atoms with Crippen LogP contribution in [0.5, 0.6) is 0 Å². The molecule has 1 saturated heterocycles. The van der Waals surface area contributed by atoms with E-state index in [4.69, 9.17) is 0 Å². The standard InChI is InChI=1S/C25H28FN5O4S2/c1-18(32)27-14-13-24-28-29-25(31(24)22-8-4-3-7-21(22)26)36-17-23(33)19-9-11-20(12-10-19)37(34,35)30-15-5-2-6-16-30/h3-4,7-12H,2,5-6,13-17H2,1H3,(H,27,32). The van der Waals surface area contributed by atoms with Gasteiger partial charge in [0, 0.05) is 38.5 Å². The van der Waals surface area contributed by atoms with Crippen molar-refractivity contribution in [1.29, 1.82) is 0 Å². The van der Waals surface area contributed by atoms with Crippen LogP contribution in [0.25, 0.3) is 5.69 Å². The van der Waals surface area contributed by atoms with E-state index in [0.29, 0.717) is 42.6 Å². The van der Waals surface area contributed by atoms with Crippen LogP contribution in [0.4, 0.5) is 4.39 Å². The van der Waals surface area contributed by atoms with Gasteiger partial charge in [-0.1, -0.05) is 42.4 Å². The monoisotopic (exact) mass is 545 g/mol. The van der Waals surface area contributed by atoms with Crippen molar-refractivity contribution in [3.05, 3.63) is 65.7 Å². The molecular weight excluding hydrogens is 517 g/mol. The van der Waals surface area contributed by atoms with E-state index >= 15 is 0 Å². The maximum absolute atomic E-state index is 14.6. The molecule has 0 aliphatic carbocycles. The number of benzene rings is 2. The van der Waals surface area contributed by atoms with E-state index in [9.17, 15) is 22.4 Å². The third-order valence-electron chi connectivity index (χ3n) is 5.98. The average Bonchev–Trinajstić information content (AvgIpc) is 3.30. The van der Waals surface area contributed by atoms with Gasteiger partial charge in [0.25, 0.3) is 0 Å².